The third-order valence-electron chi connectivity index (χ3n) is 4.21. The van der Waals surface area contributed by atoms with Gasteiger partial charge in [0.2, 0.25) is 10.0 Å². The number of aromatic nitrogens is 1. The lowest BCUT2D eigenvalue weighted by molar-refractivity contribution is 0.396. The van der Waals surface area contributed by atoms with Gasteiger partial charge in [0.1, 0.15) is 0 Å². The van der Waals surface area contributed by atoms with Gasteiger partial charge in [0, 0.05) is 18.9 Å². The highest BCUT2D eigenvalue weighted by Crippen LogP contribution is 2.36. The third kappa shape index (κ3) is 2.66. The number of benzene rings is 1. The van der Waals surface area contributed by atoms with Crippen LogP contribution in [0, 0.1) is 13.8 Å². The van der Waals surface area contributed by atoms with Gasteiger partial charge in [-0.3, -0.25) is 4.98 Å². The molecule has 0 bridgehead atoms. The van der Waals surface area contributed by atoms with Crippen molar-refractivity contribution < 1.29 is 8.42 Å². The van der Waals surface area contributed by atoms with Crippen LogP contribution in [0.1, 0.15) is 35.6 Å². The minimum atomic E-state index is -3.47. The second-order valence-corrected chi connectivity index (χ2v) is 7.68. The molecular weight excluding hydrogens is 296 g/mol. The van der Waals surface area contributed by atoms with Crippen LogP contribution in [-0.4, -0.2) is 24.3 Å². The monoisotopic (exact) mass is 316 g/mol. The lowest BCUT2D eigenvalue weighted by Crippen LogP contribution is -2.31. The Morgan fingerprint density at radius 3 is 2.55 bits per heavy atom. The third-order valence-corrected chi connectivity index (χ3v) is 6.28. The fourth-order valence-corrected chi connectivity index (χ4v) is 5.05. The number of rotatable bonds is 3. The molecular formula is C17H20N2O2S. The lowest BCUT2D eigenvalue weighted by atomic mass is 10.1. The molecule has 2 heterocycles. The summed E-state index contributed by atoms with van der Waals surface area (Å²) in [6.45, 7) is 4.40. The number of nitrogens with zero attached hydrogens (tertiary/aromatic N) is 2. The first-order chi connectivity index (χ1) is 10.5. The summed E-state index contributed by atoms with van der Waals surface area (Å²) in [6.07, 6.45) is 5.18. The van der Waals surface area contributed by atoms with Crippen LogP contribution in [0.5, 0.6) is 0 Å². The number of aryl methyl sites for hydroxylation is 2. The van der Waals surface area contributed by atoms with E-state index in [1.165, 1.54) is 0 Å². The van der Waals surface area contributed by atoms with Gasteiger partial charge in [-0.2, -0.15) is 4.31 Å². The maximum absolute atomic E-state index is 13.1. The van der Waals surface area contributed by atoms with Crippen molar-refractivity contribution in [2.45, 2.75) is 37.6 Å². The van der Waals surface area contributed by atoms with Gasteiger partial charge in [0.05, 0.1) is 10.9 Å². The first kappa shape index (κ1) is 15.2. The molecule has 0 radical (unpaired) electrons. The maximum atomic E-state index is 13.1. The number of pyridine rings is 1. The van der Waals surface area contributed by atoms with Gasteiger partial charge in [-0.25, -0.2) is 8.42 Å². The first-order valence-corrected chi connectivity index (χ1v) is 8.93. The Morgan fingerprint density at radius 2 is 1.86 bits per heavy atom. The molecule has 4 nitrogen and oxygen atoms in total. The molecule has 0 saturated carbocycles. The van der Waals surface area contributed by atoms with Crippen LogP contribution in [0.2, 0.25) is 0 Å². The molecule has 1 aromatic heterocycles. The predicted molar refractivity (Wildman–Crippen MR) is 86.0 cm³/mol. The van der Waals surface area contributed by atoms with Crippen LogP contribution in [0.25, 0.3) is 0 Å². The molecule has 0 aliphatic carbocycles. The van der Waals surface area contributed by atoms with E-state index in [0.717, 1.165) is 29.5 Å². The van der Waals surface area contributed by atoms with Crippen molar-refractivity contribution in [2.75, 3.05) is 6.54 Å². The van der Waals surface area contributed by atoms with Crippen LogP contribution in [0.15, 0.2) is 47.6 Å². The smallest absolute Gasteiger partial charge is 0.243 e. The molecule has 1 fully saturated rings. The first-order valence-electron chi connectivity index (χ1n) is 7.49. The highest BCUT2D eigenvalue weighted by atomic mass is 32.2. The number of hydrogen-bond donors (Lipinski definition) is 0. The van der Waals surface area contributed by atoms with E-state index >= 15 is 0 Å². The highest BCUT2D eigenvalue weighted by molar-refractivity contribution is 7.89. The quantitative estimate of drug-likeness (QED) is 0.873. The zero-order valence-electron chi connectivity index (χ0n) is 12.9. The minimum Gasteiger partial charge on any atom is -0.265 e. The van der Waals surface area contributed by atoms with Gasteiger partial charge in [0.15, 0.2) is 0 Å². The average molecular weight is 316 g/mol. The molecule has 2 aromatic rings. The fourth-order valence-electron chi connectivity index (χ4n) is 3.16. The summed E-state index contributed by atoms with van der Waals surface area (Å²) in [6, 6.07) is 9.22. The fraction of sp³-hybridized carbons (Fsp3) is 0.353. The summed E-state index contributed by atoms with van der Waals surface area (Å²) in [7, 11) is -3.47. The summed E-state index contributed by atoms with van der Waals surface area (Å²) in [4.78, 5) is 4.43. The summed E-state index contributed by atoms with van der Waals surface area (Å²) in [5.74, 6) is 0. The Labute approximate surface area is 131 Å². The number of hydrogen-bond acceptors (Lipinski definition) is 3. The van der Waals surface area contributed by atoms with Crippen molar-refractivity contribution >= 4 is 10.0 Å². The van der Waals surface area contributed by atoms with Crippen LogP contribution < -0.4 is 0 Å². The van der Waals surface area contributed by atoms with E-state index in [0.29, 0.717) is 11.4 Å². The van der Waals surface area contributed by atoms with Gasteiger partial charge < -0.3 is 0 Å². The van der Waals surface area contributed by atoms with E-state index in [-0.39, 0.29) is 6.04 Å². The summed E-state index contributed by atoms with van der Waals surface area (Å²) >= 11 is 0. The molecule has 0 N–H and O–H groups in total. The molecule has 0 spiro atoms. The molecule has 5 heteroatoms. The largest absolute Gasteiger partial charge is 0.265 e. The predicted octanol–water partition coefficient (Wildman–Crippen LogP) is 3.22. The van der Waals surface area contributed by atoms with Crippen molar-refractivity contribution in [1.82, 2.24) is 9.29 Å². The van der Waals surface area contributed by atoms with Crippen LogP contribution in [-0.2, 0) is 10.0 Å². The van der Waals surface area contributed by atoms with Gasteiger partial charge in [-0.1, -0.05) is 17.7 Å². The topological polar surface area (TPSA) is 50.3 Å². The van der Waals surface area contributed by atoms with Gasteiger partial charge in [-0.15, -0.1) is 0 Å². The van der Waals surface area contributed by atoms with E-state index in [1.807, 2.05) is 38.1 Å². The molecule has 116 valence electrons. The summed E-state index contributed by atoms with van der Waals surface area (Å²) < 4.78 is 27.8. The van der Waals surface area contributed by atoms with E-state index in [9.17, 15) is 8.42 Å². The molecule has 1 aliphatic heterocycles. The number of sulfonamides is 1. The SMILES string of the molecule is Cc1ccc(S(=O)(=O)N2CCC[C@@H]2c2ccncc2)c(C)c1. The zero-order chi connectivity index (χ0) is 15.7. The van der Waals surface area contributed by atoms with Crippen LogP contribution >= 0.6 is 0 Å². The molecule has 1 saturated heterocycles. The highest BCUT2D eigenvalue weighted by Gasteiger charge is 2.36. The van der Waals surface area contributed by atoms with E-state index < -0.39 is 10.0 Å². The second-order valence-electron chi connectivity index (χ2n) is 5.82. The van der Waals surface area contributed by atoms with Crippen LogP contribution in [0.4, 0.5) is 0 Å². The Balaban J connectivity index is 2.01. The Morgan fingerprint density at radius 1 is 1.14 bits per heavy atom. The molecule has 0 amide bonds. The molecule has 0 unspecified atom stereocenters. The van der Waals surface area contributed by atoms with Crippen molar-refractivity contribution in [3.63, 3.8) is 0 Å². The standard InChI is InChI=1S/C17H20N2O2S/c1-13-5-6-17(14(2)12-13)22(20,21)19-11-3-4-16(19)15-7-9-18-10-8-15/h5-10,12,16H,3-4,11H2,1-2H3/t16-/m1/s1. The molecule has 1 aliphatic rings. The minimum absolute atomic E-state index is 0.0892. The summed E-state index contributed by atoms with van der Waals surface area (Å²) in [5.41, 5.74) is 2.89. The average Bonchev–Trinajstić information content (AvgIpc) is 2.98. The zero-order valence-corrected chi connectivity index (χ0v) is 13.7. The van der Waals surface area contributed by atoms with Crippen molar-refractivity contribution in [3.8, 4) is 0 Å². The van der Waals surface area contributed by atoms with Gasteiger partial charge in [-0.05, 0) is 56.0 Å². The Bertz CT molecular complexity index is 773. The van der Waals surface area contributed by atoms with E-state index in [1.54, 1.807) is 22.8 Å². The van der Waals surface area contributed by atoms with Crippen LogP contribution in [0.3, 0.4) is 0 Å². The Kier molecular flexibility index (Phi) is 4.02. The Hall–Kier alpha value is -1.72. The summed E-state index contributed by atoms with van der Waals surface area (Å²) in [5, 5.41) is 0. The lowest BCUT2D eigenvalue weighted by Gasteiger charge is -2.25. The van der Waals surface area contributed by atoms with Gasteiger partial charge >= 0.3 is 0 Å². The molecule has 1 aromatic carbocycles. The van der Waals surface area contributed by atoms with Crippen molar-refractivity contribution in [3.05, 3.63) is 59.4 Å². The molecule has 3 rings (SSSR count). The normalized spacial score (nSPS) is 19.5. The second kappa shape index (κ2) is 5.82. The maximum Gasteiger partial charge on any atom is 0.243 e. The van der Waals surface area contributed by atoms with E-state index in [2.05, 4.69) is 4.98 Å². The molecule has 22 heavy (non-hydrogen) atoms. The molecule has 1 atom stereocenters. The van der Waals surface area contributed by atoms with Crippen molar-refractivity contribution in [2.24, 2.45) is 0 Å². The van der Waals surface area contributed by atoms with E-state index in [4.69, 9.17) is 0 Å². The van der Waals surface area contributed by atoms with Crippen molar-refractivity contribution in [1.29, 1.82) is 0 Å². The van der Waals surface area contributed by atoms with Gasteiger partial charge in [0.25, 0.3) is 0 Å².